The van der Waals surface area contributed by atoms with Crippen LogP contribution < -0.4 is 66.0 Å². The number of unbranched alkanes of at least 4 members (excludes halogenated alkanes) is 2. The van der Waals surface area contributed by atoms with Gasteiger partial charge < -0.3 is 133 Å². The molecule has 0 aromatic heterocycles. The second-order valence-corrected chi connectivity index (χ2v) is 34.9. The molecule has 9 rings (SSSR count). The SMILES string of the molecule is COCCOCCC(=O)N[C@H](C(=O)N[C@@H](C)C(=O)Nc1ccc(COC(=O)N2c3cc(OCCCCCOc4cc5c(cc4OC)C(=O)N4C=C(C)C[C@H]4[C@H](O)N5C(=O)OCc4ccc(NC(=O)[C@H](C)NC(=O)[C@@H](NC(=O)CCOCCOCCOCCOCCOCCOCCOCCOCCNC(=O)CCN5C(=O)CC(C)C5=O)C(C)C)cc4)c(OC)cc3C(=O)N3C=C(C)C[C@H]3[C@@H]2O)cc1)C(C)C. The van der Waals surface area contributed by atoms with E-state index >= 15 is 0 Å². The summed E-state index contributed by atoms with van der Waals surface area (Å²) in [7, 11) is 4.33. The Morgan fingerprint density at radius 3 is 1.14 bits per heavy atom. The van der Waals surface area contributed by atoms with Gasteiger partial charge in [0.05, 0.1) is 188 Å². The number of carbonyl (C=O) groups is 13. The molecular formula is C98H138N12O31. The molecule has 5 heterocycles. The van der Waals surface area contributed by atoms with Crippen LogP contribution in [0.1, 0.15) is 152 Å². The fraction of sp³-hybridized carbons (Fsp3) is 0.582. The highest BCUT2D eigenvalue weighted by atomic mass is 16.6. The maximum absolute atomic E-state index is 14.5. The van der Waals surface area contributed by atoms with E-state index in [-0.39, 0.29) is 185 Å². The number of nitrogens with zero attached hydrogens (tertiary/aromatic N) is 5. The van der Waals surface area contributed by atoms with Crippen LogP contribution in [0.5, 0.6) is 23.0 Å². The Balaban J connectivity index is 0.653. The van der Waals surface area contributed by atoms with E-state index in [4.69, 9.17) is 75.8 Å². The summed E-state index contributed by atoms with van der Waals surface area (Å²) in [5, 5.41) is 43.2. The number of hydrogen-bond donors (Lipinski definition) is 9. The first kappa shape index (κ1) is 113. The number of rotatable bonds is 62. The van der Waals surface area contributed by atoms with E-state index in [1.807, 2.05) is 0 Å². The highest BCUT2D eigenvalue weighted by molar-refractivity contribution is 6.08. The number of ether oxygens (including phenoxy) is 16. The monoisotopic (exact) mass is 1980 g/mol. The molecule has 9 N–H and O–H groups in total. The van der Waals surface area contributed by atoms with Crippen molar-refractivity contribution in [2.45, 2.75) is 182 Å². The fourth-order valence-electron chi connectivity index (χ4n) is 15.5. The molecule has 43 nitrogen and oxygen atoms in total. The summed E-state index contributed by atoms with van der Waals surface area (Å²) in [6, 6.07) is 12.8. The van der Waals surface area contributed by atoms with E-state index in [0.717, 1.165) is 25.8 Å². The highest BCUT2D eigenvalue weighted by Crippen LogP contribution is 2.45. The second-order valence-electron chi connectivity index (χ2n) is 34.9. The first-order chi connectivity index (χ1) is 67.8. The number of carbonyl (C=O) groups excluding carboxylic acids is 13. The summed E-state index contributed by atoms with van der Waals surface area (Å²) >= 11 is 0. The molecular weight excluding hydrogens is 1840 g/mol. The zero-order valence-corrected chi connectivity index (χ0v) is 82.4. The summed E-state index contributed by atoms with van der Waals surface area (Å²) in [5.41, 5.74) is 3.29. The fourth-order valence-corrected chi connectivity index (χ4v) is 15.5. The zero-order valence-electron chi connectivity index (χ0n) is 82.4. The summed E-state index contributed by atoms with van der Waals surface area (Å²) in [5.74, 6) is -5.18. The van der Waals surface area contributed by atoms with Crippen LogP contribution >= 0.6 is 0 Å². The van der Waals surface area contributed by atoms with Crippen LogP contribution in [0, 0.1) is 17.8 Å². The maximum Gasteiger partial charge on any atom is 0.416 e. The minimum Gasteiger partial charge on any atom is -0.493 e. The molecule has 0 bridgehead atoms. The topological polar surface area (TPSA) is 510 Å². The smallest absolute Gasteiger partial charge is 0.416 e. The maximum atomic E-state index is 14.5. The molecule has 0 aliphatic carbocycles. The van der Waals surface area contributed by atoms with Crippen LogP contribution in [-0.4, -0.2) is 324 Å². The average molecular weight is 1980 g/mol. The standard InChI is InChI=1S/C98H138N12O31/c1-61(2)86(104-83(112)25-31-129-35-34-126-10)90(117)100-66(8)88(115)102-70-20-16-68(17-21-70)59-140-97(124)109-74-55-80(78(127-11)53-72(74)93(120)107-57-63(5)50-76(107)95(109)122)138-29-14-13-15-30-139-81-56-75-73(54-79(81)128-12)94(121)108-58-64(6)51-77(108)96(123)110(75)98(125)141-60-69-18-22-71(23-19-69)103-89(116)67(9)101-91(118)87(62(3)4)105-84(113)26-32-130-36-38-132-40-42-134-44-46-136-48-49-137-47-45-135-43-41-133-39-37-131-33-27-99-82(111)24-28-106-85(114)52-65(7)92(106)119/h16-23,53-58,61-62,65-67,76-77,86-87,95-96,122-123H,13-15,24-52,59-60H2,1-12H3,(H,99,111)(H,100,117)(H,101,118)(H,102,115)(H,103,116)(H,104,112)(H,105,113)/t65?,66-,67-,76-,77-,86-,87-,95-,96-/m0/s1. The third kappa shape index (κ3) is 34.7. The number of hydrogen-bond acceptors (Lipinski definition) is 31. The lowest BCUT2D eigenvalue weighted by Crippen LogP contribution is -2.53. The number of amides is 13. The summed E-state index contributed by atoms with van der Waals surface area (Å²) in [6.45, 7) is 21.4. The van der Waals surface area contributed by atoms with Gasteiger partial charge >= 0.3 is 12.2 Å². The van der Waals surface area contributed by atoms with Crippen LogP contribution in [0.4, 0.5) is 32.3 Å². The second kappa shape index (κ2) is 58.4. The first-order valence-corrected chi connectivity index (χ1v) is 47.6. The van der Waals surface area contributed by atoms with E-state index in [0.29, 0.717) is 147 Å². The quantitative estimate of drug-likeness (QED) is 0.0176. The highest BCUT2D eigenvalue weighted by Gasteiger charge is 2.48. The number of fused-ring (bicyclic) bond motifs is 4. The normalized spacial score (nSPS) is 17.4. The van der Waals surface area contributed by atoms with Gasteiger partial charge in [-0.25, -0.2) is 19.4 Å². The molecule has 0 saturated carbocycles. The molecule has 13 amide bonds. The molecule has 0 spiro atoms. The number of methoxy groups -OCH3 is 3. The van der Waals surface area contributed by atoms with Gasteiger partial charge in [-0.05, 0) is 119 Å². The lowest BCUT2D eigenvalue weighted by atomic mass is 10.0. The van der Waals surface area contributed by atoms with E-state index in [9.17, 15) is 72.5 Å². The minimum atomic E-state index is -1.60. The number of nitrogens with one attached hydrogen (secondary N) is 7. The molecule has 43 heteroatoms. The lowest BCUT2D eigenvalue weighted by molar-refractivity contribution is -0.139. The third-order valence-electron chi connectivity index (χ3n) is 23.2. The van der Waals surface area contributed by atoms with Crippen LogP contribution in [0.15, 0.2) is 96.3 Å². The molecule has 1 fully saturated rings. The van der Waals surface area contributed by atoms with Crippen molar-refractivity contribution in [1.82, 2.24) is 41.3 Å². The number of likely N-dealkylation sites (tertiary alicyclic amines) is 1. The van der Waals surface area contributed by atoms with Crippen molar-refractivity contribution in [2.75, 3.05) is 194 Å². The Morgan fingerprint density at radius 2 is 0.787 bits per heavy atom. The molecule has 0 radical (unpaired) electrons. The number of benzene rings is 4. The third-order valence-corrected chi connectivity index (χ3v) is 23.2. The summed E-state index contributed by atoms with van der Waals surface area (Å²) in [6.07, 6.45) is 0.198. The van der Waals surface area contributed by atoms with Crippen molar-refractivity contribution in [3.8, 4) is 23.0 Å². The number of anilines is 4. The van der Waals surface area contributed by atoms with Gasteiger partial charge in [-0.15, -0.1) is 0 Å². The van der Waals surface area contributed by atoms with Gasteiger partial charge in [0.15, 0.2) is 35.5 Å². The Kier molecular flexibility index (Phi) is 46.6. The molecule has 5 aliphatic rings. The van der Waals surface area contributed by atoms with Crippen LogP contribution in [0.2, 0.25) is 0 Å². The number of aliphatic hydroxyl groups excluding tert-OH is 2. The van der Waals surface area contributed by atoms with Crippen LogP contribution in [0.25, 0.3) is 0 Å². The molecule has 141 heavy (non-hydrogen) atoms. The van der Waals surface area contributed by atoms with Crippen LogP contribution in [0.3, 0.4) is 0 Å². The Morgan fingerprint density at radius 1 is 0.418 bits per heavy atom. The van der Waals surface area contributed by atoms with Gasteiger partial charge in [-0.2, -0.15) is 0 Å². The van der Waals surface area contributed by atoms with E-state index in [1.165, 1.54) is 69.2 Å². The molecule has 1 unspecified atom stereocenters. The van der Waals surface area contributed by atoms with Gasteiger partial charge in [0.25, 0.3) is 11.8 Å². The molecule has 4 aromatic carbocycles. The summed E-state index contributed by atoms with van der Waals surface area (Å²) in [4.78, 5) is 179. The van der Waals surface area contributed by atoms with Crippen molar-refractivity contribution in [3.63, 3.8) is 0 Å². The Hall–Kier alpha value is -12.0. The lowest BCUT2D eigenvalue weighted by Gasteiger charge is -2.31. The van der Waals surface area contributed by atoms with Gasteiger partial charge in [0.2, 0.25) is 53.2 Å². The summed E-state index contributed by atoms with van der Waals surface area (Å²) < 4.78 is 90.3. The first-order valence-electron chi connectivity index (χ1n) is 47.6. The van der Waals surface area contributed by atoms with Gasteiger partial charge in [0.1, 0.15) is 37.4 Å². The van der Waals surface area contributed by atoms with Gasteiger partial charge in [-0.1, -0.05) is 70.0 Å². The minimum absolute atomic E-state index is 0.00416. The molecule has 776 valence electrons. The molecule has 4 aromatic rings. The van der Waals surface area contributed by atoms with Crippen molar-refractivity contribution in [1.29, 1.82) is 0 Å². The predicted octanol–water partition coefficient (Wildman–Crippen LogP) is 6.16. The molecule has 9 atom stereocenters. The van der Waals surface area contributed by atoms with E-state index in [2.05, 4.69) is 37.2 Å². The average Bonchev–Trinajstić information content (AvgIpc) is 1.60. The number of imide groups is 1. The van der Waals surface area contributed by atoms with Crippen LogP contribution in [-0.2, 0) is 113 Å². The van der Waals surface area contributed by atoms with Gasteiger partial charge in [-0.3, -0.25) is 57.6 Å². The number of aliphatic hydroxyl groups is 2. The molecule has 5 aliphatic heterocycles. The van der Waals surface area contributed by atoms with Crippen molar-refractivity contribution >= 4 is 99.9 Å². The van der Waals surface area contributed by atoms with Crippen molar-refractivity contribution in [3.05, 3.63) is 119 Å². The Labute approximate surface area is 820 Å². The van der Waals surface area contributed by atoms with Crippen molar-refractivity contribution < 1.29 is 148 Å². The predicted molar refractivity (Wildman–Crippen MR) is 510 cm³/mol. The van der Waals surface area contributed by atoms with Crippen molar-refractivity contribution in [2.24, 2.45) is 17.8 Å². The van der Waals surface area contributed by atoms with E-state index in [1.54, 1.807) is 109 Å². The van der Waals surface area contributed by atoms with Gasteiger partial charge in [0, 0.05) is 87.7 Å². The Bertz CT molecular complexity index is 4870. The zero-order chi connectivity index (χ0) is 102. The molecule has 1 saturated heterocycles. The largest absolute Gasteiger partial charge is 0.493 e. The van der Waals surface area contributed by atoms with E-state index < -0.39 is 102 Å².